The van der Waals surface area contributed by atoms with Gasteiger partial charge in [0.25, 0.3) is 0 Å². The fraction of sp³-hybridized carbons (Fsp3) is 0.167. The number of rotatable bonds is 2. The summed E-state index contributed by atoms with van der Waals surface area (Å²) in [6, 6.07) is 11.7. The Morgan fingerprint density at radius 1 is 1.00 bits per heavy atom. The summed E-state index contributed by atoms with van der Waals surface area (Å²) in [6.07, 6.45) is 0. The van der Waals surface area contributed by atoms with E-state index in [-0.39, 0.29) is 0 Å². The quantitative estimate of drug-likeness (QED) is 0.410. The van der Waals surface area contributed by atoms with Crippen molar-refractivity contribution in [2.45, 2.75) is 13.8 Å². The maximum absolute atomic E-state index is 8.31. The predicted octanol–water partition coefficient (Wildman–Crippen LogP) is 4.04. The van der Waals surface area contributed by atoms with Crippen molar-refractivity contribution < 1.29 is 0 Å². The fourth-order valence-electron chi connectivity index (χ4n) is 1.80. The smallest absolute Gasteiger partial charge is 0.0455 e. The molecule has 4 heteroatoms. The van der Waals surface area contributed by atoms with Gasteiger partial charge in [-0.3, -0.25) is 0 Å². The molecule has 0 amide bonds. The zero-order valence-corrected chi connectivity index (χ0v) is 9.25. The third-order valence-electron chi connectivity index (χ3n) is 2.54. The summed E-state index contributed by atoms with van der Waals surface area (Å²) in [5.41, 5.74) is 12.4. The summed E-state index contributed by atoms with van der Waals surface area (Å²) in [7, 11) is 0. The average Bonchev–Trinajstić information content (AvgIpc) is 2.61. The average molecular weight is 212 g/mol. The maximum Gasteiger partial charge on any atom is 0.0455 e. The molecule has 0 fully saturated rings. The van der Waals surface area contributed by atoms with Gasteiger partial charge in [-0.1, -0.05) is 17.2 Å². The maximum atomic E-state index is 8.31. The molecule has 0 atom stereocenters. The van der Waals surface area contributed by atoms with Crippen LogP contribution in [0.5, 0.6) is 0 Å². The Morgan fingerprint density at radius 3 is 2.06 bits per heavy atom. The summed E-state index contributed by atoms with van der Waals surface area (Å²) in [5, 5.41) is 3.55. The van der Waals surface area contributed by atoms with Gasteiger partial charge in [-0.25, -0.2) is 0 Å². The Bertz CT molecular complexity index is 525. The molecule has 2 rings (SSSR count). The molecule has 0 unspecified atom stereocenters. The highest BCUT2D eigenvalue weighted by Gasteiger charge is 2.02. The lowest BCUT2D eigenvalue weighted by Gasteiger charge is -2.09. The van der Waals surface area contributed by atoms with Crippen molar-refractivity contribution >= 4 is 5.69 Å². The summed E-state index contributed by atoms with van der Waals surface area (Å²) in [5.74, 6) is 0. The Labute approximate surface area is 93.8 Å². The molecule has 0 bridgehead atoms. The molecule has 0 radical (unpaired) electrons. The van der Waals surface area contributed by atoms with E-state index in [1.807, 2.05) is 24.3 Å². The van der Waals surface area contributed by atoms with Crippen LogP contribution in [0.15, 0.2) is 41.5 Å². The van der Waals surface area contributed by atoms with Gasteiger partial charge in [-0.15, -0.1) is 0 Å². The van der Waals surface area contributed by atoms with Gasteiger partial charge in [0, 0.05) is 27.7 Å². The molecule has 4 nitrogen and oxygen atoms in total. The van der Waals surface area contributed by atoms with Crippen LogP contribution in [0.4, 0.5) is 5.69 Å². The lowest BCUT2D eigenvalue weighted by atomic mass is 10.2. The Hall–Kier alpha value is -2.19. The van der Waals surface area contributed by atoms with Gasteiger partial charge < -0.3 is 4.57 Å². The zero-order valence-electron chi connectivity index (χ0n) is 9.25. The molecule has 0 aliphatic carbocycles. The number of benzene rings is 1. The van der Waals surface area contributed by atoms with Crippen molar-refractivity contribution in [1.82, 2.24) is 4.57 Å². The second-order valence-corrected chi connectivity index (χ2v) is 3.66. The summed E-state index contributed by atoms with van der Waals surface area (Å²) in [6.45, 7) is 4.13. The van der Waals surface area contributed by atoms with Crippen LogP contribution < -0.4 is 0 Å². The molecule has 1 heterocycles. The number of nitrogens with zero attached hydrogens (tertiary/aromatic N) is 4. The minimum Gasteiger partial charge on any atom is -0.319 e. The first-order valence-electron chi connectivity index (χ1n) is 5.03. The van der Waals surface area contributed by atoms with Crippen LogP contribution in [0.3, 0.4) is 0 Å². The van der Waals surface area contributed by atoms with Crippen LogP contribution in [-0.4, -0.2) is 4.57 Å². The van der Waals surface area contributed by atoms with Crippen LogP contribution >= 0.6 is 0 Å². The van der Waals surface area contributed by atoms with Crippen LogP contribution in [0.25, 0.3) is 16.1 Å². The minimum atomic E-state index is 0.633. The zero-order chi connectivity index (χ0) is 11.5. The molecule has 80 valence electrons. The lowest BCUT2D eigenvalue weighted by Crippen LogP contribution is -1.97. The van der Waals surface area contributed by atoms with E-state index in [2.05, 4.69) is 40.6 Å². The fourth-order valence-corrected chi connectivity index (χ4v) is 1.80. The predicted molar refractivity (Wildman–Crippen MR) is 64.0 cm³/mol. The lowest BCUT2D eigenvalue weighted by molar-refractivity contribution is 0.966. The van der Waals surface area contributed by atoms with Crippen LogP contribution in [-0.2, 0) is 0 Å². The number of azide groups is 1. The first-order valence-corrected chi connectivity index (χ1v) is 5.03. The topological polar surface area (TPSA) is 53.7 Å². The van der Waals surface area contributed by atoms with Gasteiger partial charge in [0.15, 0.2) is 0 Å². The molecule has 1 aromatic heterocycles. The van der Waals surface area contributed by atoms with E-state index in [4.69, 9.17) is 5.53 Å². The highest BCUT2D eigenvalue weighted by molar-refractivity contribution is 5.46. The summed E-state index contributed by atoms with van der Waals surface area (Å²) in [4.78, 5) is 2.75. The molecular formula is C12H12N4. The van der Waals surface area contributed by atoms with E-state index >= 15 is 0 Å². The monoisotopic (exact) mass is 212 g/mol. The van der Waals surface area contributed by atoms with Crippen molar-refractivity contribution in [2.75, 3.05) is 0 Å². The van der Waals surface area contributed by atoms with Gasteiger partial charge in [-0.05, 0) is 43.6 Å². The normalized spacial score (nSPS) is 9.88. The molecule has 0 saturated carbocycles. The van der Waals surface area contributed by atoms with Crippen LogP contribution in [0.2, 0.25) is 0 Å². The first kappa shape index (κ1) is 10.3. The largest absolute Gasteiger partial charge is 0.319 e. The van der Waals surface area contributed by atoms with E-state index in [0.29, 0.717) is 5.69 Å². The molecular weight excluding hydrogens is 200 g/mol. The Balaban J connectivity index is 2.46. The van der Waals surface area contributed by atoms with Gasteiger partial charge in [0.2, 0.25) is 0 Å². The second kappa shape index (κ2) is 4.13. The summed E-state index contributed by atoms with van der Waals surface area (Å²) < 4.78 is 2.15. The molecule has 16 heavy (non-hydrogen) atoms. The van der Waals surface area contributed by atoms with Gasteiger partial charge in [-0.2, -0.15) is 0 Å². The van der Waals surface area contributed by atoms with E-state index in [1.54, 1.807) is 0 Å². The third kappa shape index (κ3) is 1.78. The molecule has 0 saturated heterocycles. The van der Waals surface area contributed by atoms with Crippen LogP contribution in [0, 0.1) is 13.8 Å². The first-order chi connectivity index (χ1) is 7.72. The van der Waals surface area contributed by atoms with Crippen molar-refractivity contribution in [3.63, 3.8) is 0 Å². The Morgan fingerprint density at radius 2 is 1.56 bits per heavy atom. The molecule has 0 aliphatic rings. The van der Waals surface area contributed by atoms with Crippen LogP contribution in [0.1, 0.15) is 11.4 Å². The minimum absolute atomic E-state index is 0.633. The van der Waals surface area contributed by atoms with Gasteiger partial charge in [0.1, 0.15) is 0 Å². The van der Waals surface area contributed by atoms with Gasteiger partial charge in [0.05, 0.1) is 0 Å². The van der Waals surface area contributed by atoms with Crippen molar-refractivity contribution in [2.24, 2.45) is 5.11 Å². The molecule has 0 spiro atoms. The number of hydrogen-bond donors (Lipinski definition) is 0. The third-order valence-corrected chi connectivity index (χ3v) is 2.54. The van der Waals surface area contributed by atoms with E-state index in [0.717, 1.165) is 5.69 Å². The van der Waals surface area contributed by atoms with Crippen molar-refractivity contribution in [3.05, 3.63) is 58.2 Å². The molecule has 0 aliphatic heterocycles. The highest BCUT2D eigenvalue weighted by Crippen LogP contribution is 2.19. The molecule has 1 aromatic carbocycles. The second-order valence-electron chi connectivity index (χ2n) is 3.66. The van der Waals surface area contributed by atoms with Crippen molar-refractivity contribution in [3.8, 4) is 5.69 Å². The van der Waals surface area contributed by atoms with Crippen molar-refractivity contribution in [1.29, 1.82) is 0 Å². The standard InChI is InChI=1S/C12H12N4/c1-9-3-4-10(2)16(9)12-7-5-11(6-8-12)14-15-13/h3-8H,1-2H3. The van der Waals surface area contributed by atoms with E-state index < -0.39 is 0 Å². The Kier molecular flexibility index (Phi) is 2.66. The number of aromatic nitrogens is 1. The number of aryl methyl sites for hydroxylation is 2. The summed E-state index contributed by atoms with van der Waals surface area (Å²) >= 11 is 0. The van der Waals surface area contributed by atoms with E-state index in [1.165, 1.54) is 11.4 Å². The van der Waals surface area contributed by atoms with E-state index in [9.17, 15) is 0 Å². The molecule has 0 N–H and O–H groups in total. The van der Waals surface area contributed by atoms with Gasteiger partial charge >= 0.3 is 0 Å². The SMILES string of the molecule is Cc1ccc(C)n1-c1ccc(N=[N+]=[N-])cc1. The molecule has 2 aromatic rings. The highest BCUT2D eigenvalue weighted by atomic mass is 15.1. The number of hydrogen-bond acceptors (Lipinski definition) is 1.